The lowest BCUT2D eigenvalue weighted by molar-refractivity contribution is -0.387. The number of nitro benzene ring substituents is 1. The number of hydrogen-bond acceptors (Lipinski definition) is 4. The number of likely N-dealkylation sites (N-methyl/N-ethyl adjacent to an activating group) is 1. The Morgan fingerprint density at radius 3 is 2.70 bits per heavy atom. The Morgan fingerprint density at radius 2 is 2.15 bits per heavy atom. The second kappa shape index (κ2) is 7.91. The van der Waals surface area contributed by atoms with Crippen molar-refractivity contribution < 1.29 is 14.4 Å². The first-order valence-corrected chi connectivity index (χ1v) is 6.83. The Kier molecular flexibility index (Phi) is 6.54. The molecule has 20 heavy (non-hydrogen) atoms. The molecular weight excluding hydrogens is 263 g/mol. The number of aliphatic hydroxyl groups is 1. The largest absolute Gasteiger partial charge is 0.387 e. The number of aliphatic hydroxyl groups excluding tert-OH is 1. The highest BCUT2D eigenvalue weighted by Crippen LogP contribution is 2.23. The maximum absolute atomic E-state index is 13.2. The van der Waals surface area contributed by atoms with Crippen LogP contribution in [0.3, 0.4) is 0 Å². The van der Waals surface area contributed by atoms with Gasteiger partial charge in [0.15, 0.2) is 0 Å². The van der Waals surface area contributed by atoms with Crippen LogP contribution in [0.4, 0.5) is 10.1 Å². The quantitative estimate of drug-likeness (QED) is 0.589. The summed E-state index contributed by atoms with van der Waals surface area (Å²) in [7, 11) is 0. The summed E-state index contributed by atoms with van der Waals surface area (Å²) in [5.74, 6) is -0.885. The molecule has 112 valence electrons. The van der Waals surface area contributed by atoms with Gasteiger partial charge in [-0.1, -0.05) is 26.3 Å². The Hall–Kier alpha value is -1.53. The molecule has 0 aliphatic heterocycles. The van der Waals surface area contributed by atoms with E-state index in [1.165, 1.54) is 6.07 Å². The Morgan fingerprint density at radius 1 is 1.45 bits per heavy atom. The predicted octanol–water partition coefficient (Wildman–Crippen LogP) is 2.89. The molecule has 1 aromatic carbocycles. The van der Waals surface area contributed by atoms with E-state index < -0.39 is 22.5 Å². The first-order chi connectivity index (χ1) is 9.49. The number of nitro groups is 1. The van der Waals surface area contributed by atoms with Gasteiger partial charge < -0.3 is 10.0 Å². The van der Waals surface area contributed by atoms with Crippen molar-refractivity contribution in [1.82, 2.24) is 4.90 Å². The Labute approximate surface area is 118 Å². The van der Waals surface area contributed by atoms with E-state index in [4.69, 9.17) is 0 Å². The molecule has 5 nitrogen and oxygen atoms in total. The second-order valence-corrected chi connectivity index (χ2v) is 4.73. The maximum Gasteiger partial charge on any atom is 0.305 e. The van der Waals surface area contributed by atoms with Crippen LogP contribution in [0, 0.1) is 15.9 Å². The summed E-state index contributed by atoms with van der Waals surface area (Å²) in [4.78, 5) is 12.0. The third kappa shape index (κ3) is 4.54. The monoisotopic (exact) mass is 284 g/mol. The van der Waals surface area contributed by atoms with E-state index in [9.17, 15) is 19.6 Å². The van der Waals surface area contributed by atoms with E-state index in [0.29, 0.717) is 12.1 Å². The van der Waals surface area contributed by atoms with Crippen LogP contribution in [-0.4, -0.2) is 34.6 Å². The number of unbranched alkanes of at least 4 members (excludes halogenated alkanes) is 1. The van der Waals surface area contributed by atoms with E-state index in [2.05, 4.69) is 11.8 Å². The van der Waals surface area contributed by atoms with Crippen molar-refractivity contribution in [1.29, 1.82) is 0 Å². The first kappa shape index (κ1) is 16.5. The lowest BCUT2D eigenvalue weighted by Gasteiger charge is -2.23. The average Bonchev–Trinajstić information content (AvgIpc) is 2.43. The molecule has 0 heterocycles. The van der Waals surface area contributed by atoms with Crippen LogP contribution in [0.25, 0.3) is 0 Å². The van der Waals surface area contributed by atoms with Crippen molar-refractivity contribution in [2.24, 2.45) is 0 Å². The fourth-order valence-corrected chi connectivity index (χ4v) is 1.99. The second-order valence-electron chi connectivity index (χ2n) is 4.73. The van der Waals surface area contributed by atoms with Crippen molar-refractivity contribution in [2.45, 2.75) is 32.8 Å². The van der Waals surface area contributed by atoms with E-state index in [1.807, 2.05) is 6.92 Å². The van der Waals surface area contributed by atoms with Gasteiger partial charge in [-0.3, -0.25) is 10.1 Å². The van der Waals surface area contributed by atoms with E-state index >= 15 is 0 Å². The molecule has 0 spiro atoms. The SMILES string of the molecule is CCCCN(CC)CC(O)c1ccc(F)c([N+](=O)[O-])c1. The molecule has 0 bridgehead atoms. The summed E-state index contributed by atoms with van der Waals surface area (Å²) in [6, 6.07) is 3.52. The number of halogens is 1. The molecule has 0 saturated heterocycles. The van der Waals surface area contributed by atoms with Crippen molar-refractivity contribution >= 4 is 5.69 Å². The zero-order chi connectivity index (χ0) is 15.1. The summed E-state index contributed by atoms with van der Waals surface area (Å²) in [5, 5.41) is 20.8. The lowest BCUT2D eigenvalue weighted by atomic mass is 10.1. The number of rotatable bonds is 8. The van der Waals surface area contributed by atoms with E-state index in [-0.39, 0.29) is 0 Å². The highest BCUT2D eigenvalue weighted by atomic mass is 19.1. The fraction of sp³-hybridized carbons (Fsp3) is 0.571. The topological polar surface area (TPSA) is 66.6 Å². The molecule has 0 radical (unpaired) electrons. The van der Waals surface area contributed by atoms with Gasteiger partial charge in [-0.25, -0.2) is 0 Å². The van der Waals surface area contributed by atoms with Gasteiger partial charge in [0, 0.05) is 12.6 Å². The molecule has 1 atom stereocenters. The number of nitrogens with zero attached hydrogens (tertiary/aromatic N) is 2. The highest BCUT2D eigenvalue weighted by Gasteiger charge is 2.19. The average molecular weight is 284 g/mol. The number of hydrogen-bond donors (Lipinski definition) is 1. The molecule has 1 aromatic rings. The fourth-order valence-electron chi connectivity index (χ4n) is 1.99. The van der Waals surface area contributed by atoms with Crippen LogP contribution in [0.15, 0.2) is 18.2 Å². The third-order valence-electron chi connectivity index (χ3n) is 3.26. The molecule has 1 unspecified atom stereocenters. The van der Waals surface area contributed by atoms with Crippen LogP contribution in [0.5, 0.6) is 0 Å². The third-order valence-corrected chi connectivity index (χ3v) is 3.26. The lowest BCUT2D eigenvalue weighted by Crippen LogP contribution is -2.29. The molecule has 0 aromatic heterocycles. The minimum atomic E-state index is -0.885. The minimum absolute atomic E-state index is 0.369. The van der Waals surface area contributed by atoms with Gasteiger partial charge in [-0.15, -0.1) is 0 Å². The summed E-state index contributed by atoms with van der Waals surface area (Å²) in [5.41, 5.74) is -0.230. The van der Waals surface area contributed by atoms with Gasteiger partial charge in [0.25, 0.3) is 0 Å². The number of benzene rings is 1. The molecule has 0 amide bonds. The van der Waals surface area contributed by atoms with E-state index in [0.717, 1.165) is 38.1 Å². The molecule has 6 heteroatoms. The van der Waals surface area contributed by atoms with Crippen molar-refractivity contribution in [3.63, 3.8) is 0 Å². The summed E-state index contributed by atoms with van der Waals surface area (Å²) in [6.07, 6.45) is 1.24. The summed E-state index contributed by atoms with van der Waals surface area (Å²) < 4.78 is 13.2. The Balaban J connectivity index is 2.78. The van der Waals surface area contributed by atoms with Crippen LogP contribution in [0.2, 0.25) is 0 Å². The molecule has 0 aliphatic carbocycles. The van der Waals surface area contributed by atoms with E-state index in [1.54, 1.807) is 0 Å². The van der Waals surface area contributed by atoms with Crippen molar-refractivity contribution in [2.75, 3.05) is 19.6 Å². The van der Waals surface area contributed by atoms with Gasteiger partial charge >= 0.3 is 5.69 Å². The minimum Gasteiger partial charge on any atom is -0.387 e. The van der Waals surface area contributed by atoms with Crippen LogP contribution >= 0.6 is 0 Å². The van der Waals surface area contributed by atoms with Crippen LogP contribution in [-0.2, 0) is 0 Å². The van der Waals surface area contributed by atoms with Gasteiger partial charge in [0.05, 0.1) is 11.0 Å². The predicted molar refractivity (Wildman–Crippen MR) is 75.0 cm³/mol. The first-order valence-electron chi connectivity index (χ1n) is 6.83. The maximum atomic E-state index is 13.2. The van der Waals surface area contributed by atoms with Gasteiger partial charge in [-0.05, 0) is 31.1 Å². The molecule has 0 saturated carbocycles. The van der Waals surface area contributed by atoms with Crippen molar-refractivity contribution in [3.8, 4) is 0 Å². The summed E-state index contributed by atoms with van der Waals surface area (Å²) >= 11 is 0. The zero-order valence-corrected chi connectivity index (χ0v) is 11.9. The standard InChI is InChI=1S/C14H21FN2O3/c1-3-5-8-16(4-2)10-14(18)11-6-7-12(15)13(9-11)17(19)20/h6-7,9,14,18H,3-5,8,10H2,1-2H3. The summed E-state index contributed by atoms with van der Waals surface area (Å²) in [6.45, 7) is 6.13. The van der Waals surface area contributed by atoms with Crippen LogP contribution < -0.4 is 0 Å². The smallest absolute Gasteiger partial charge is 0.305 e. The molecule has 0 aliphatic rings. The molecule has 0 fully saturated rings. The molecule has 1 rings (SSSR count). The van der Waals surface area contributed by atoms with Crippen molar-refractivity contribution in [3.05, 3.63) is 39.7 Å². The van der Waals surface area contributed by atoms with Gasteiger partial charge in [-0.2, -0.15) is 4.39 Å². The molecule has 1 N–H and O–H groups in total. The molecular formula is C14H21FN2O3. The zero-order valence-electron chi connectivity index (χ0n) is 11.9. The van der Waals surface area contributed by atoms with Gasteiger partial charge in [0.1, 0.15) is 0 Å². The van der Waals surface area contributed by atoms with Gasteiger partial charge in [0.2, 0.25) is 5.82 Å². The Bertz CT molecular complexity index is 454. The highest BCUT2D eigenvalue weighted by molar-refractivity contribution is 5.37. The normalized spacial score (nSPS) is 12.7. The van der Waals surface area contributed by atoms with Crippen LogP contribution in [0.1, 0.15) is 38.4 Å².